The van der Waals surface area contributed by atoms with Crippen molar-refractivity contribution in [3.8, 4) is 0 Å². The third kappa shape index (κ3) is 3.43. The van der Waals surface area contributed by atoms with Crippen LogP contribution in [0.5, 0.6) is 0 Å². The van der Waals surface area contributed by atoms with Gasteiger partial charge in [0.1, 0.15) is 0 Å². The Kier molecular flexibility index (Phi) is 4.97. The molecular formula is C13H26N4O. The monoisotopic (exact) mass is 254 g/mol. The lowest BCUT2D eigenvalue weighted by Crippen LogP contribution is -2.58. The number of fused-ring (bicyclic) bond motifs is 1. The molecule has 104 valence electrons. The second-order valence-electron chi connectivity index (χ2n) is 5.66. The molecular weight excluding hydrogens is 228 g/mol. The fourth-order valence-electron chi connectivity index (χ4n) is 3.24. The molecule has 0 aromatic rings. The van der Waals surface area contributed by atoms with Gasteiger partial charge in [-0.1, -0.05) is 6.42 Å². The summed E-state index contributed by atoms with van der Waals surface area (Å²) in [6.45, 7) is 6.95. The van der Waals surface area contributed by atoms with Gasteiger partial charge in [-0.05, 0) is 39.3 Å². The molecule has 0 bridgehead atoms. The maximum atomic E-state index is 11.1. The Balaban J connectivity index is 1.76. The molecule has 18 heavy (non-hydrogen) atoms. The molecule has 2 aliphatic heterocycles. The molecule has 1 amide bonds. The smallest absolute Gasteiger partial charge is 0.233 e. The lowest BCUT2D eigenvalue weighted by Gasteiger charge is -2.47. The SMILES string of the molecule is CC1CN2CCCCC2CN1CCCC(=O)NN. The highest BCUT2D eigenvalue weighted by atomic mass is 16.2. The Labute approximate surface area is 110 Å². The molecule has 0 radical (unpaired) electrons. The van der Waals surface area contributed by atoms with E-state index in [2.05, 4.69) is 22.1 Å². The number of nitrogens with zero attached hydrogens (tertiary/aromatic N) is 2. The first kappa shape index (κ1) is 13.8. The van der Waals surface area contributed by atoms with Gasteiger partial charge in [0.25, 0.3) is 0 Å². The van der Waals surface area contributed by atoms with Crippen molar-refractivity contribution in [3.05, 3.63) is 0 Å². The number of carbonyl (C=O) groups excluding carboxylic acids is 1. The summed E-state index contributed by atoms with van der Waals surface area (Å²) in [5.41, 5.74) is 2.19. The van der Waals surface area contributed by atoms with Gasteiger partial charge in [-0.3, -0.25) is 20.0 Å². The fourth-order valence-corrected chi connectivity index (χ4v) is 3.24. The van der Waals surface area contributed by atoms with E-state index in [0.717, 1.165) is 19.0 Å². The van der Waals surface area contributed by atoms with Crippen molar-refractivity contribution in [2.75, 3.05) is 26.2 Å². The van der Waals surface area contributed by atoms with Gasteiger partial charge in [0.2, 0.25) is 5.91 Å². The van der Waals surface area contributed by atoms with Crippen LogP contribution in [0, 0.1) is 0 Å². The van der Waals surface area contributed by atoms with Crippen molar-refractivity contribution in [1.29, 1.82) is 0 Å². The summed E-state index contributed by atoms with van der Waals surface area (Å²) in [4.78, 5) is 16.3. The van der Waals surface area contributed by atoms with Crippen molar-refractivity contribution in [1.82, 2.24) is 15.2 Å². The largest absolute Gasteiger partial charge is 0.298 e. The number of piperidine rings is 1. The lowest BCUT2D eigenvalue weighted by molar-refractivity contribution is -0.121. The molecule has 3 N–H and O–H groups in total. The zero-order chi connectivity index (χ0) is 13.0. The molecule has 5 nitrogen and oxygen atoms in total. The maximum absolute atomic E-state index is 11.1. The van der Waals surface area contributed by atoms with Crippen molar-refractivity contribution in [2.45, 2.75) is 51.1 Å². The maximum Gasteiger partial charge on any atom is 0.233 e. The van der Waals surface area contributed by atoms with Crippen molar-refractivity contribution in [3.63, 3.8) is 0 Å². The predicted octanol–water partition coefficient (Wildman–Crippen LogP) is 0.315. The van der Waals surface area contributed by atoms with E-state index >= 15 is 0 Å². The van der Waals surface area contributed by atoms with Crippen LogP contribution in [-0.4, -0.2) is 54.0 Å². The summed E-state index contributed by atoms with van der Waals surface area (Å²) in [5, 5.41) is 0. The van der Waals surface area contributed by atoms with Gasteiger partial charge in [0, 0.05) is 31.6 Å². The van der Waals surface area contributed by atoms with Gasteiger partial charge >= 0.3 is 0 Å². The van der Waals surface area contributed by atoms with Crippen molar-refractivity contribution in [2.24, 2.45) is 5.84 Å². The predicted molar refractivity (Wildman–Crippen MR) is 71.8 cm³/mol. The number of carbonyl (C=O) groups is 1. The highest BCUT2D eigenvalue weighted by Gasteiger charge is 2.32. The molecule has 0 saturated carbocycles. The minimum atomic E-state index is -0.0565. The van der Waals surface area contributed by atoms with E-state index in [0.29, 0.717) is 12.5 Å². The molecule has 2 heterocycles. The minimum Gasteiger partial charge on any atom is -0.298 e. The summed E-state index contributed by atoms with van der Waals surface area (Å²) in [6.07, 6.45) is 5.51. The molecule has 0 aromatic carbocycles. The van der Waals surface area contributed by atoms with E-state index < -0.39 is 0 Å². The summed E-state index contributed by atoms with van der Waals surface area (Å²) in [5.74, 6) is 5.03. The van der Waals surface area contributed by atoms with Crippen LogP contribution in [-0.2, 0) is 4.79 Å². The average Bonchev–Trinajstić information content (AvgIpc) is 2.39. The number of hydrogen-bond donors (Lipinski definition) is 2. The first-order valence-corrected chi connectivity index (χ1v) is 7.18. The molecule has 5 heteroatoms. The highest BCUT2D eigenvalue weighted by molar-refractivity contribution is 5.75. The second kappa shape index (κ2) is 6.50. The Bertz CT molecular complexity index is 284. The van der Waals surface area contributed by atoms with Crippen LogP contribution in [0.2, 0.25) is 0 Å². The summed E-state index contributed by atoms with van der Waals surface area (Å²) in [6, 6.07) is 1.36. The quantitative estimate of drug-likeness (QED) is 0.431. The van der Waals surface area contributed by atoms with Crippen molar-refractivity contribution < 1.29 is 4.79 Å². The zero-order valence-electron chi connectivity index (χ0n) is 11.4. The number of amides is 1. The third-order valence-electron chi connectivity index (χ3n) is 4.33. The molecule has 2 atom stereocenters. The van der Waals surface area contributed by atoms with Crippen LogP contribution in [0.25, 0.3) is 0 Å². The van der Waals surface area contributed by atoms with E-state index in [-0.39, 0.29) is 5.91 Å². The number of nitrogens with two attached hydrogens (primary N) is 1. The lowest BCUT2D eigenvalue weighted by atomic mass is 9.97. The van der Waals surface area contributed by atoms with E-state index in [1.807, 2.05) is 0 Å². The molecule has 0 aromatic heterocycles. The van der Waals surface area contributed by atoms with E-state index in [1.54, 1.807) is 0 Å². The van der Waals surface area contributed by atoms with Crippen LogP contribution >= 0.6 is 0 Å². The Morgan fingerprint density at radius 2 is 2.22 bits per heavy atom. The second-order valence-corrected chi connectivity index (χ2v) is 5.66. The van der Waals surface area contributed by atoms with E-state index in [4.69, 9.17) is 5.84 Å². The van der Waals surface area contributed by atoms with Crippen LogP contribution in [0.3, 0.4) is 0 Å². The van der Waals surface area contributed by atoms with Crippen LogP contribution in [0.1, 0.15) is 39.0 Å². The first-order valence-electron chi connectivity index (χ1n) is 7.18. The summed E-state index contributed by atoms with van der Waals surface area (Å²) in [7, 11) is 0. The number of hydrazine groups is 1. The average molecular weight is 254 g/mol. The first-order chi connectivity index (χ1) is 8.70. The molecule has 2 unspecified atom stereocenters. The highest BCUT2D eigenvalue weighted by Crippen LogP contribution is 2.24. The van der Waals surface area contributed by atoms with Crippen molar-refractivity contribution >= 4 is 5.91 Å². The third-order valence-corrected chi connectivity index (χ3v) is 4.33. The fraction of sp³-hybridized carbons (Fsp3) is 0.923. The minimum absolute atomic E-state index is 0.0565. The standard InChI is InChI=1S/C13H26N4O/c1-11-9-17-7-3-2-5-12(17)10-16(11)8-4-6-13(18)15-14/h11-12H,2-10,14H2,1H3,(H,15,18). The van der Waals surface area contributed by atoms with Gasteiger partial charge in [-0.15, -0.1) is 0 Å². The zero-order valence-corrected chi connectivity index (χ0v) is 11.4. The number of hydrogen-bond acceptors (Lipinski definition) is 4. The van der Waals surface area contributed by atoms with Crippen LogP contribution in [0.4, 0.5) is 0 Å². The van der Waals surface area contributed by atoms with Crippen LogP contribution < -0.4 is 11.3 Å². The van der Waals surface area contributed by atoms with Gasteiger partial charge in [-0.2, -0.15) is 0 Å². The number of piperazine rings is 1. The molecule has 2 saturated heterocycles. The normalized spacial score (nSPS) is 29.9. The van der Waals surface area contributed by atoms with Gasteiger partial charge in [0.05, 0.1) is 0 Å². The van der Waals surface area contributed by atoms with Gasteiger partial charge < -0.3 is 0 Å². The summed E-state index contributed by atoms with van der Waals surface area (Å²) >= 11 is 0. The van der Waals surface area contributed by atoms with Gasteiger partial charge in [-0.25, -0.2) is 5.84 Å². The Morgan fingerprint density at radius 3 is 3.00 bits per heavy atom. The number of rotatable bonds is 4. The molecule has 0 aliphatic carbocycles. The van der Waals surface area contributed by atoms with Crippen LogP contribution in [0.15, 0.2) is 0 Å². The molecule has 2 rings (SSSR count). The molecule has 0 spiro atoms. The van der Waals surface area contributed by atoms with E-state index in [1.165, 1.54) is 38.9 Å². The Hall–Kier alpha value is -0.650. The molecule has 2 fully saturated rings. The topological polar surface area (TPSA) is 61.6 Å². The summed E-state index contributed by atoms with van der Waals surface area (Å²) < 4.78 is 0. The van der Waals surface area contributed by atoms with E-state index in [9.17, 15) is 4.79 Å². The van der Waals surface area contributed by atoms with Gasteiger partial charge in [0.15, 0.2) is 0 Å². The Morgan fingerprint density at radius 1 is 1.39 bits per heavy atom. The molecule has 2 aliphatic rings. The number of nitrogens with one attached hydrogen (secondary N) is 1.